The molecule has 0 radical (unpaired) electrons. The van der Waals surface area contributed by atoms with Crippen molar-refractivity contribution in [1.29, 1.82) is 0 Å². The smallest absolute Gasteiger partial charge is 0.221 e. The van der Waals surface area contributed by atoms with Crippen molar-refractivity contribution in [2.24, 2.45) is 0 Å². The van der Waals surface area contributed by atoms with Crippen LogP contribution in [0.15, 0.2) is 97.1 Å². The zero-order valence-electron chi connectivity index (χ0n) is 24.7. The Labute approximate surface area is 255 Å². The Kier molecular flexibility index (Phi) is 15.7. The molecule has 4 aromatic rings. The summed E-state index contributed by atoms with van der Waals surface area (Å²) < 4.78 is 0. The number of aromatic hydroxyl groups is 4. The lowest BCUT2D eigenvalue weighted by Gasteiger charge is -2.00. The molecule has 12 nitrogen and oxygen atoms in total. The summed E-state index contributed by atoms with van der Waals surface area (Å²) in [5.74, 6) is 0.0254. The van der Waals surface area contributed by atoms with Gasteiger partial charge in [0.15, 0.2) is 0 Å². The first kappa shape index (κ1) is 36.0. The van der Waals surface area contributed by atoms with Gasteiger partial charge in [0.25, 0.3) is 0 Å². The Morgan fingerprint density at radius 1 is 0.386 bits per heavy atom. The second-order valence-electron chi connectivity index (χ2n) is 8.93. The first-order valence-corrected chi connectivity index (χ1v) is 13.0. The molecule has 0 aliphatic rings. The second kappa shape index (κ2) is 19.1. The third-order valence-corrected chi connectivity index (χ3v) is 4.67. The number of nitrogens with one attached hydrogen (secondary N) is 4. The second-order valence-corrected chi connectivity index (χ2v) is 8.93. The molecule has 4 amide bonds. The van der Waals surface area contributed by atoms with Gasteiger partial charge in [0.05, 0.1) is 0 Å². The van der Waals surface area contributed by atoms with E-state index in [0.29, 0.717) is 22.7 Å². The number of amides is 4. The normalized spacial score (nSPS) is 9.18. The van der Waals surface area contributed by atoms with Crippen LogP contribution in [-0.2, 0) is 19.2 Å². The predicted molar refractivity (Wildman–Crippen MR) is 170 cm³/mol. The van der Waals surface area contributed by atoms with Crippen LogP contribution in [0.5, 0.6) is 23.0 Å². The van der Waals surface area contributed by atoms with Crippen molar-refractivity contribution >= 4 is 46.4 Å². The summed E-state index contributed by atoms with van der Waals surface area (Å²) in [7, 11) is 0. The lowest BCUT2D eigenvalue weighted by atomic mass is 10.3. The number of hydrogen-bond donors (Lipinski definition) is 8. The van der Waals surface area contributed by atoms with Crippen LogP contribution < -0.4 is 21.3 Å². The van der Waals surface area contributed by atoms with E-state index in [-0.39, 0.29) is 46.6 Å². The average Bonchev–Trinajstić information content (AvgIpc) is 2.88. The minimum atomic E-state index is -0.143. The third kappa shape index (κ3) is 17.6. The van der Waals surface area contributed by atoms with Gasteiger partial charge in [0.2, 0.25) is 23.6 Å². The van der Waals surface area contributed by atoms with E-state index in [1.54, 1.807) is 72.8 Å². The van der Waals surface area contributed by atoms with E-state index in [0.717, 1.165) is 0 Å². The van der Waals surface area contributed by atoms with Crippen LogP contribution in [-0.4, -0.2) is 44.1 Å². The standard InChI is InChI=1S/4C8H9NO2/c4*1-6(10)9-7-3-2-4-8(11)5-7/h4*2-5,11H,1H3,(H,9,10). The highest BCUT2D eigenvalue weighted by Gasteiger charge is 1.97. The molecule has 0 fully saturated rings. The van der Waals surface area contributed by atoms with Gasteiger partial charge < -0.3 is 41.7 Å². The summed E-state index contributed by atoms with van der Waals surface area (Å²) in [6.45, 7) is 5.68. The molecule has 0 spiro atoms. The molecule has 0 heterocycles. The number of anilines is 4. The fourth-order valence-electron chi connectivity index (χ4n) is 3.15. The molecule has 44 heavy (non-hydrogen) atoms. The Morgan fingerprint density at radius 3 is 0.705 bits per heavy atom. The maximum Gasteiger partial charge on any atom is 0.221 e. The van der Waals surface area contributed by atoms with Gasteiger partial charge >= 0.3 is 0 Å². The molecule has 0 aromatic heterocycles. The van der Waals surface area contributed by atoms with E-state index < -0.39 is 0 Å². The van der Waals surface area contributed by atoms with Crippen molar-refractivity contribution in [1.82, 2.24) is 0 Å². The largest absolute Gasteiger partial charge is 0.508 e. The molecule has 0 aliphatic heterocycles. The maximum absolute atomic E-state index is 10.5. The van der Waals surface area contributed by atoms with Crippen LogP contribution in [0.2, 0.25) is 0 Å². The maximum atomic E-state index is 10.5. The van der Waals surface area contributed by atoms with Crippen LogP contribution in [0.1, 0.15) is 27.7 Å². The van der Waals surface area contributed by atoms with Crippen LogP contribution in [0.4, 0.5) is 22.7 Å². The Bertz CT molecular complexity index is 1310. The first-order chi connectivity index (χ1) is 20.7. The summed E-state index contributed by atoms with van der Waals surface area (Å²) in [4.78, 5) is 42.1. The summed E-state index contributed by atoms with van der Waals surface area (Å²) >= 11 is 0. The van der Waals surface area contributed by atoms with E-state index >= 15 is 0 Å². The topological polar surface area (TPSA) is 197 Å². The number of carbonyl (C=O) groups excluding carboxylic acids is 4. The van der Waals surface area contributed by atoms with Crippen molar-refractivity contribution < 1.29 is 39.6 Å². The highest BCUT2D eigenvalue weighted by molar-refractivity contribution is 5.90. The number of carbonyl (C=O) groups is 4. The third-order valence-electron chi connectivity index (χ3n) is 4.67. The summed E-state index contributed by atoms with van der Waals surface area (Å²) in [5, 5.41) is 46.1. The summed E-state index contributed by atoms with van der Waals surface area (Å²) in [5.41, 5.74) is 2.44. The average molecular weight is 605 g/mol. The fraction of sp³-hybridized carbons (Fsp3) is 0.125. The molecule has 0 atom stereocenters. The SMILES string of the molecule is CC(=O)Nc1cccc(O)c1.CC(=O)Nc1cccc(O)c1.CC(=O)Nc1cccc(O)c1.CC(=O)Nc1cccc(O)c1. The predicted octanol–water partition coefficient (Wildman–Crippen LogP) is 5.40. The molecule has 4 rings (SSSR count). The number of phenols is 4. The van der Waals surface area contributed by atoms with Crippen molar-refractivity contribution in [3.8, 4) is 23.0 Å². The van der Waals surface area contributed by atoms with Crippen LogP contribution in [0, 0.1) is 0 Å². The molecule has 4 aromatic carbocycles. The molecule has 0 saturated carbocycles. The fourth-order valence-corrected chi connectivity index (χ4v) is 3.15. The van der Waals surface area contributed by atoms with Crippen LogP contribution >= 0.6 is 0 Å². The number of phenolic OH excluding ortho intramolecular Hbond substituents is 4. The monoisotopic (exact) mass is 604 g/mol. The molecule has 0 bridgehead atoms. The lowest BCUT2D eigenvalue weighted by molar-refractivity contribution is -0.115. The summed E-state index contributed by atoms with van der Waals surface area (Å²) in [6, 6.07) is 25.6. The molecule has 0 unspecified atom stereocenters. The van der Waals surface area contributed by atoms with Gasteiger partial charge in [-0.25, -0.2) is 0 Å². The minimum absolute atomic E-state index is 0.143. The van der Waals surface area contributed by atoms with E-state index in [4.69, 9.17) is 20.4 Å². The Balaban J connectivity index is 0.000000293. The van der Waals surface area contributed by atoms with E-state index in [1.807, 2.05) is 0 Å². The zero-order chi connectivity index (χ0) is 33.1. The number of hydrogen-bond acceptors (Lipinski definition) is 8. The highest BCUT2D eigenvalue weighted by atomic mass is 16.3. The van der Waals surface area contributed by atoms with Gasteiger partial charge in [-0.05, 0) is 48.5 Å². The summed E-state index contributed by atoms with van der Waals surface area (Å²) in [6.07, 6.45) is 0. The molecule has 232 valence electrons. The minimum Gasteiger partial charge on any atom is -0.508 e. The Hall–Kier alpha value is -6.04. The van der Waals surface area contributed by atoms with Gasteiger partial charge in [-0.1, -0.05) is 24.3 Å². The molecule has 12 heteroatoms. The molecule has 8 N–H and O–H groups in total. The quantitative estimate of drug-likeness (QED) is 0.151. The van der Waals surface area contributed by atoms with Gasteiger partial charge in [-0.2, -0.15) is 0 Å². The van der Waals surface area contributed by atoms with Gasteiger partial charge in [0.1, 0.15) is 23.0 Å². The molecule has 0 aliphatic carbocycles. The van der Waals surface area contributed by atoms with E-state index in [2.05, 4.69) is 21.3 Å². The van der Waals surface area contributed by atoms with Gasteiger partial charge in [-0.3, -0.25) is 19.2 Å². The van der Waals surface area contributed by atoms with Crippen molar-refractivity contribution in [2.75, 3.05) is 21.3 Å². The van der Waals surface area contributed by atoms with E-state index in [1.165, 1.54) is 52.0 Å². The van der Waals surface area contributed by atoms with E-state index in [9.17, 15) is 19.2 Å². The van der Waals surface area contributed by atoms with Gasteiger partial charge in [0, 0.05) is 74.7 Å². The molecular formula is C32H36N4O8. The number of benzene rings is 4. The lowest BCUT2D eigenvalue weighted by Crippen LogP contribution is -2.04. The van der Waals surface area contributed by atoms with Gasteiger partial charge in [-0.15, -0.1) is 0 Å². The molecular weight excluding hydrogens is 568 g/mol. The first-order valence-electron chi connectivity index (χ1n) is 13.0. The molecule has 0 saturated heterocycles. The van der Waals surface area contributed by atoms with Crippen molar-refractivity contribution in [2.45, 2.75) is 27.7 Å². The Morgan fingerprint density at radius 2 is 0.568 bits per heavy atom. The van der Waals surface area contributed by atoms with Crippen molar-refractivity contribution in [3.63, 3.8) is 0 Å². The van der Waals surface area contributed by atoms with Crippen LogP contribution in [0.3, 0.4) is 0 Å². The van der Waals surface area contributed by atoms with Crippen molar-refractivity contribution in [3.05, 3.63) is 97.1 Å². The highest BCUT2D eigenvalue weighted by Crippen LogP contribution is 2.17. The zero-order valence-corrected chi connectivity index (χ0v) is 24.7. The van der Waals surface area contributed by atoms with Crippen LogP contribution in [0.25, 0.3) is 0 Å². The number of rotatable bonds is 4.